The van der Waals surface area contributed by atoms with Crippen molar-refractivity contribution in [2.75, 3.05) is 0 Å². The first-order chi connectivity index (χ1) is 14.0. The molecule has 0 unspecified atom stereocenters. The molecule has 0 atom stereocenters. The Kier molecular flexibility index (Phi) is 5.45. The summed E-state index contributed by atoms with van der Waals surface area (Å²) in [6, 6.07) is 10.9. The van der Waals surface area contributed by atoms with E-state index < -0.39 is 5.97 Å². The number of hydrogen-bond donors (Lipinski definition) is 1. The molecular weight excluding hydrogens is 458 g/mol. The molecule has 0 saturated carbocycles. The van der Waals surface area contributed by atoms with Crippen molar-refractivity contribution in [1.29, 1.82) is 0 Å². The van der Waals surface area contributed by atoms with Crippen LogP contribution in [0.2, 0.25) is 0 Å². The lowest BCUT2D eigenvalue weighted by Crippen LogP contribution is -2.15. The van der Waals surface area contributed by atoms with Crippen molar-refractivity contribution in [3.8, 4) is 0 Å². The number of ether oxygens (including phenoxy) is 1. The fourth-order valence-electron chi connectivity index (χ4n) is 2.62. The van der Waals surface area contributed by atoms with E-state index >= 15 is 0 Å². The highest BCUT2D eigenvalue weighted by Crippen LogP contribution is 2.30. The number of carbonyl (C=O) groups excluding carboxylic acids is 1. The summed E-state index contributed by atoms with van der Waals surface area (Å²) >= 11 is 4.71. The number of benzene rings is 1. The molecule has 29 heavy (non-hydrogen) atoms. The van der Waals surface area contributed by atoms with Crippen LogP contribution in [0.5, 0.6) is 0 Å². The van der Waals surface area contributed by atoms with Gasteiger partial charge in [0.2, 0.25) is 0 Å². The number of H-pyrrole nitrogens is 1. The van der Waals surface area contributed by atoms with Crippen LogP contribution in [0.1, 0.15) is 16.2 Å². The molecule has 0 bridgehead atoms. The van der Waals surface area contributed by atoms with Crippen molar-refractivity contribution >= 4 is 44.7 Å². The highest BCUT2D eigenvalue weighted by Gasteiger charge is 2.15. The van der Waals surface area contributed by atoms with Gasteiger partial charge in [-0.3, -0.25) is 9.48 Å². The normalized spacial score (nSPS) is 11.0. The highest BCUT2D eigenvalue weighted by molar-refractivity contribution is 9.10. The summed E-state index contributed by atoms with van der Waals surface area (Å²) in [6.07, 6.45) is 3.14. The van der Waals surface area contributed by atoms with Crippen LogP contribution in [0.3, 0.4) is 0 Å². The molecule has 3 aromatic heterocycles. The average Bonchev–Trinajstić information content (AvgIpc) is 3.10. The zero-order valence-electron chi connectivity index (χ0n) is 15.1. The Balaban J connectivity index is 1.52. The van der Waals surface area contributed by atoms with Crippen molar-refractivity contribution in [2.24, 2.45) is 7.05 Å². The summed E-state index contributed by atoms with van der Waals surface area (Å²) in [5.74, 6) is -0.267. The number of aromatic nitrogens is 5. The van der Waals surface area contributed by atoms with Crippen LogP contribution in [0.25, 0.3) is 11.0 Å². The molecular formula is C19H14BrN5O3S. The van der Waals surface area contributed by atoms with Gasteiger partial charge in [0.1, 0.15) is 22.8 Å². The Morgan fingerprint density at radius 3 is 2.86 bits per heavy atom. The zero-order valence-corrected chi connectivity index (χ0v) is 17.5. The molecule has 0 saturated heterocycles. The fourth-order valence-corrected chi connectivity index (χ4v) is 3.73. The first-order valence-electron chi connectivity index (χ1n) is 8.48. The van der Waals surface area contributed by atoms with Gasteiger partial charge in [-0.2, -0.15) is 5.10 Å². The Bertz CT molecular complexity index is 1250. The van der Waals surface area contributed by atoms with E-state index in [0.29, 0.717) is 16.6 Å². The van der Waals surface area contributed by atoms with Gasteiger partial charge in [-0.05, 0) is 40.2 Å². The maximum Gasteiger partial charge on any atom is 0.339 e. The molecule has 0 aliphatic heterocycles. The van der Waals surface area contributed by atoms with Gasteiger partial charge in [0.25, 0.3) is 5.56 Å². The smallest absolute Gasteiger partial charge is 0.339 e. The number of esters is 1. The molecule has 0 aliphatic carbocycles. The predicted octanol–water partition coefficient (Wildman–Crippen LogP) is 3.32. The minimum Gasteiger partial charge on any atom is -0.454 e. The molecule has 3 heterocycles. The molecule has 146 valence electrons. The topological polar surface area (TPSA) is 103 Å². The Labute approximate surface area is 177 Å². The van der Waals surface area contributed by atoms with Crippen LogP contribution in [-0.4, -0.2) is 30.7 Å². The van der Waals surface area contributed by atoms with Crippen LogP contribution in [0.4, 0.5) is 0 Å². The molecule has 4 rings (SSSR count). The third kappa shape index (κ3) is 4.22. The van der Waals surface area contributed by atoms with Crippen LogP contribution in [-0.2, 0) is 18.4 Å². The monoisotopic (exact) mass is 471 g/mol. The van der Waals surface area contributed by atoms with E-state index in [1.54, 1.807) is 25.4 Å². The third-order valence-corrected chi connectivity index (χ3v) is 5.51. The minimum absolute atomic E-state index is 0.162. The number of aromatic amines is 1. The Morgan fingerprint density at radius 1 is 1.24 bits per heavy atom. The standard InChI is InChI=1S/C19H14BrN5O3S/c1-25-17-13(9-22-25)18(26)24-15(23-17)10-28-19(27)12-4-2-3-5-14(12)29-16-7-6-11(20)8-21-16/h2-9H,10H2,1H3,(H,23,24,26). The molecule has 0 fully saturated rings. The van der Waals surface area contributed by atoms with Crippen LogP contribution in [0.15, 0.2) is 68.0 Å². The lowest BCUT2D eigenvalue weighted by atomic mass is 10.2. The number of rotatable bonds is 5. The van der Waals surface area contributed by atoms with E-state index in [-0.39, 0.29) is 18.0 Å². The molecule has 0 amide bonds. The number of hydrogen-bond acceptors (Lipinski definition) is 7. The minimum atomic E-state index is -0.516. The first kappa shape index (κ1) is 19.3. The van der Waals surface area contributed by atoms with Gasteiger partial charge < -0.3 is 9.72 Å². The summed E-state index contributed by atoms with van der Waals surface area (Å²) in [6.45, 7) is -0.162. The van der Waals surface area contributed by atoms with Gasteiger partial charge in [-0.15, -0.1) is 0 Å². The summed E-state index contributed by atoms with van der Waals surface area (Å²) in [7, 11) is 1.69. The Morgan fingerprint density at radius 2 is 2.07 bits per heavy atom. The van der Waals surface area contributed by atoms with Gasteiger partial charge >= 0.3 is 5.97 Å². The number of aryl methyl sites for hydroxylation is 1. The quantitative estimate of drug-likeness (QED) is 0.445. The van der Waals surface area contributed by atoms with Crippen molar-refractivity contribution in [3.05, 3.63) is 75.0 Å². The van der Waals surface area contributed by atoms with Gasteiger partial charge in [0.15, 0.2) is 5.65 Å². The molecule has 0 spiro atoms. The van der Waals surface area contributed by atoms with Crippen molar-refractivity contribution < 1.29 is 9.53 Å². The number of fused-ring (bicyclic) bond motifs is 1. The fraction of sp³-hybridized carbons (Fsp3) is 0.105. The first-order valence-corrected chi connectivity index (χ1v) is 10.1. The maximum atomic E-state index is 12.6. The summed E-state index contributed by atoms with van der Waals surface area (Å²) in [4.78, 5) is 36.7. The van der Waals surface area contributed by atoms with Crippen molar-refractivity contribution in [3.63, 3.8) is 0 Å². The number of carbonyl (C=O) groups is 1. The van der Waals surface area contributed by atoms with Crippen LogP contribution in [0, 0.1) is 0 Å². The maximum absolute atomic E-state index is 12.6. The van der Waals surface area contributed by atoms with Crippen molar-refractivity contribution in [1.82, 2.24) is 24.7 Å². The number of pyridine rings is 1. The van der Waals surface area contributed by atoms with Crippen molar-refractivity contribution in [2.45, 2.75) is 16.5 Å². The molecule has 4 aromatic rings. The number of halogens is 1. The van der Waals surface area contributed by atoms with E-state index in [0.717, 1.165) is 14.4 Å². The average molecular weight is 472 g/mol. The van der Waals surface area contributed by atoms with Crippen LogP contribution < -0.4 is 5.56 Å². The van der Waals surface area contributed by atoms with Gasteiger partial charge in [0, 0.05) is 22.6 Å². The van der Waals surface area contributed by atoms with Crippen LogP contribution >= 0.6 is 27.7 Å². The second-order valence-electron chi connectivity index (χ2n) is 6.01. The zero-order chi connectivity index (χ0) is 20.4. The summed E-state index contributed by atoms with van der Waals surface area (Å²) in [5.41, 5.74) is 0.509. The van der Waals surface area contributed by atoms with E-state index in [2.05, 4.69) is 36.0 Å². The second-order valence-corrected chi connectivity index (χ2v) is 7.98. The Hall–Kier alpha value is -2.98. The molecule has 1 N–H and O–H groups in total. The predicted molar refractivity (Wildman–Crippen MR) is 111 cm³/mol. The van der Waals surface area contributed by atoms with E-state index in [1.165, 1.54) is 22.6 Å². The lowest BCUT2D eigenvalue weighted by Gasteiger charge is -2.09. The van der Waals surface area contributed by atoms with Gasteiger partial charge in [-0.25, -0.2) is 14.8 Å². The van der Waals surface area contributed by atoms with Gasteiger partial charge in [0.05, 0.1) is 11.8 Å². The second kappa shape index (κ2) is 8.18. The van der Waals surface area contributed by atoms with E-state index in [9.17, 15) is 9.59 Å². The molecule has 0 radical (unpaired) electrons. The number of nitrogens with one attached hydrogen (secondary N) is 1. The number of nitrogens with zero attached hydrogens (tertiary/aromatic N) is 4. The SMILES string of the molecule is Cn1ncc2c(=O)[nH]c(COC(=O)c3ccccc3Sc3ccc(Br)cn3)nc21. The largest absolute Gasteiger partial charge is 0.454 e. The third-order valence-electron chi connectivity index (χ3n) is 4.01. The molecule has 1 aromatic carbocycles. The highest BCUT2D eigenvalue weighted by atomic mass is 79.9. The van der Waals surface area contributed by atoms with E-state index in [1.807, 2.05) is 24.3 Å². The van der Waals surface area contributed by atoms with Gasteiger partial charge in [-0.1, -0.05) is 23.9 Å². The lowest BCUT2D eigenvalue weighted by molar-refractivity contribution is 0.0458. The molecule has 8 nitrogen and oxygen atoms in total. The molecule has 10 heteroatoms. The molecule has 0 aliphatic rings. The van der Waals surface area contributed by atoms with E-state index in [4.69, 9.17) is 4.74 Å². The summed E-state index contributed by atoms with van der Waals surface area (Å²) < 4.78 is 7.76. The summed E-state index contributed by atoms with van der Waals surface area (Å²) in [5, 5.41) is 5.14.